The van der Waals surface area contributed by atoms with Crippen molar-refractivity contribution >= 4 is 22.4 Å². The summed E-state index contributed by atoms with van der Waals surface area (Å²) in [6.45, 7) is 1.39. The van der Waals surface area contributed by atoms with Crippen molar-refractivity contribution in [3.8, 4) is 0 Å². The van der Waals surface area contributed by atoms with Gasteiger partial charge in [-0.05, 0) is 19.4 Å². The highest BCUT2D eigenvalue weighted by Crippen LogP contribution is 2.19. The van der Waals surface area contributed by atoms with Crippen molar-refractivity contribution in [2.45, 2.75) is 25.3 Å². The molecule has 5 nitrogen and oxygen atoms in total. The number of nitrogens with zero attached hydrogens (tertiary/aromatic N) is 3. The Kier molecular flexibility index (Phi) is 4.68. The number of carbonyl (C=O) groups is 1. The number of likely N-dealkylation sites (N-methyl/N-ethyl adjacent to an activating group) is 1. The zero-order chi connectivity index (χ0) is 13.0. The topological polar surface area (TPSA) is 56.7 Å². The summed E-state index contributed by atoms with van der Waals surface area (Å²) in [4.78, 5) is 19.9. The third kappa shape index (κ3) is 3.07. The standard InChI is InChI=1S/C12H19N3O2S/c1-14(12-13-5-7-18-12)11(17)8-15-6-3-2-4-10(15)9-16/h5,7,10,16H,2-4,6,8-9H2,1H3. The van der Waals surface area contributed by atoms with E-state index in [-0.39, 0.29) is 18.6 Å². The Morgan fingerprint density at radius 1 is 1.67 bits per heavy atom. The Hall–Kier alpha value is -0.980. The Bertz CT molecular complexity index is 383. The zero-order valence-electron chi connectivity index (χ0n) is 10.6. The van der Waals surface area contributed by atoms with Crippen molar-refractivity contribution in [2.24, 2.45) is 0 Å². The van der Waals surface area contributed by atoms with Gasteiger partial charge in [-0.1, -0.05) is 6.42 Å². The van der Waals surface area contributed by atoms with Crippen molar-refractivity contribution in [2.75, 3.05) is 31.6 Å². The van der Waals surface area contributed by atoms with Crippen LogP contribution in [0.1, 0.15) is 19.3 Å². The van der Waals surface area contributed by atoms with Crippen LogP contribution in [0.5, 0.6) is 0 Å². The van der Waals surface area contributed by atoms with E-state index in [4.69, 9.17) is 0 Å². The molecule has 18 heavy (non-hydrogen) atoms. The Labute approximate surface area is 111 Å². The van der Waals surface area contributed by atoms with E-state index in [0.717, 1.165) is 30.9 Å². The van der Waals surface area contributed by atoms with Crippen LogP contribution in [0.15, 0.2) is 11.6 Å². The van der Waals surface area contributed by atoms with E-state index < -0.39 is 0 Å². The molecule has 0 bridgehead atoms. The Morgan fingerprint density at radius 2 is 2.50 bits per heavy atom. The molecule has 1 unspecified atom stereocenters. The number of amides is 1. The minimum absolute atomic E-state index is 0.0327. The Balaban J connectivity index is 1.93. The smallest absolute Gasteiger partial charge is 0.242 e. The second kappa shape index (κ2) is 6.26. The number of hydrogen-bond donors (Lipinski definition) is 1. The number of aliphatic hydroxyl groups is 1. The van der Waals surface area contributed by atoms with E-state index >= 15 is 0 Å². The maximum absolute atomic E-state index is 12.1. The number of carbonyl (C=O) groups excluding carboxylic acids is 1. The van der Waals surface area contributed by atoms with Gasteiger partial charge in [-0.2, -0.15) is 0 Å². The predicted octanol–water partition coefficient (Wildman–Crippen LogP) is 0.953. The van der Waals surface area contributed by atoms with Gasteiger partial charge in [-0.25, -0.2) is 4.98 Å². The summed E-state index contributed by atoms with van der Waals surface area (Å²) in [5, 5.41) is 11.9. The van der Waals surface area contributed by atoms with Crippen LogP contribution in [0.4, 0.5) is 5.13 Å². The molecule has 2 rings (SSSR count). The maximum atomic E-state index is 12.1. The van der Waals surface area contributed by atoms with Gasteiger partial charge in [0, 0.05) is 24.7 Å². The van der Waals surface area contributed by atoms with Gasteiger partial charge in [0.15, 0.2) is 5.13 Å². The lowest BCUT2D eigenvalue weighted by Gasteiger charge is -2.34. The molecule has 0 aromatic carbocycles. The molecule has 0 aliphatic carbocycles. The lowest BCUT2D eigenvalue weighted by molar-refractivity contribution is -0.120. The van der Waals surface area contributed by atoms with E-state index in [1.165, 1.54) is 11.3 Å². The second-order valence-corrected chi connectivity index (χ2v) is 5.44. The van der Waals surface area contributed by atoms with Gasteiger partial charge in [0.05, 0.1) is 13.2 Å². The van der Waals surface area contributed by atoms with Crippen LogP contribution in [0.3, 0.4) is 0 Å². The normalized spacial score (nSPS) is 20.9. The van der Waals surface area contributed by atoms with E-state index in [1.807, 2.05) is 5.38 Å². The fourth-order valence-electron chi connectivity index (χ4n) is 2.24. The SMILES string of the molecule is CN(C(=O)CN1CCCCC1CO)c1nccs1. The summed E-state index contributed by atoms with van der Waals surface area (Å²) in [6.07, 6.45) is 4.91. The number of rotatable bonds is 4. The highest BCUT2D eigenvalue weighted by Gasteiger charge is 2.25. The van der Waals surface area contributed by atoms with Crippen LogP contribution < -0.4 is 4.90 Å². The maximum Gasteiger partial charge on any atom is 0.242 e. The first-order valence-electron chi connectivity index (χ1n) is 6.23. The summed E-state index contributed by atoms with van der Waals surface area (Å²) < 4.78 is 0. The molecule has 1 saturated heterocycles. The van der Waals surface area contributed by atoms with Gasteiger partial charge in [0.25, 0.3) is 0 Å². The van der Waals surface area contributed by atoms with Gasteiger partial charge in [-0.15, -0.1) is 11.3 Å². The number of likely N-dealkylation sites (tertiary alicyclic amines) is 1. The first kappa shape index (κ1) is 13.5. The molecule has 1 aromatic rings. The molecule has 2 heterocycles. The summed E-state index contributed by atoms with van der Waals surface area (Å²) in [5.41, 5.74) is 0. The number of piperidine rings is 1. The molecule has 1 amide bonds. The Morgan fingerprint density at radius 3 is 3.17 bits per heavy atom. The summed E-state index contributed by atoms with van der Waals surface area (Å²) in [7, 11) is 1.75. The van der Waals surface area contributed by atoms with Crippen LogP contribution >= 0.6 is 11.3 Å². The average Bonchev–Trinajstić information content (AvgIpc) is 2.92. The van der Waals surface area contributed by atoms with Gasteiger partial charge >= 0.3 is 0 Å². The van der Waals surface area contributed by atoms with Crippen molar-refractivity contribution in [3.63, 3.8) is 0 Å². The lowest BCUT2D eigenvalue weighted by atomic mass is 10.0. The molecule has 1 aliphatic heterocycles. The van der Waals surface area contributed by atoms with Crippen molar-refractivity contribution in [1.29, 1.82) is 0 Å². The molecule has 0 saturated carbocycles. The molecule has 0 radical (unpaired) electrons. The molecule has 0 spiro atoms. The van der Waals surface area contributed by atoms with Crippen molar-refractivity contribution in [3.05, 3.63) is 11.6 Å². The van der Waals surface area contributed by atoms with Crippen LogP contribution in [0.2, 0.25) is 0 Å². The quantitative estimate of drug-likeness (QED) is 0.884. The fraction of sp³-hybridized carbons (Fsp3) is 0.667. The highest BCUT2D eigenvalue weighted by atomic mass is 32.1. The van der Waals surface area contributed by atoms with Gasteiger partial charge in [0.2, 0.25) is 5.91 Å². The molecule has 1 N–H and O–H groups in total. The van der Waals surface area contributed by atoms with Crippen molar-refractivity contribution in [1.82, 2.24) is 9.88 Å². The van der Waals surface area contributed by atoms with E-state index in [1.54, 1.807) is 18.1 Å². The molecule has 6 heteroatoms. The monoisotopic (exact) mass is 269 g/mol. The van der Waals surface area contributed by atoms with E-state index in [9.17, 15) is 9.90 Å². The fourth-order valence-corrected chi connectivity index (χ4v) is 2.87. The minimum atomic E-state index is 0.0327. The van der Waals surface area contributed by atoms with Crippen LogP contribution in [-0.4, -0.2) is 53.7 Å². The number of anilines is 1. The van der Waals surface area contributed by atoms with Crippen molar-refractivity contribution < 1.29 is 9.90 Å². The summed E-state index contributed by atoms with van der Waals surface area (Å²) in [5.74, 6) is 0.0327. The van der Waals surface area contributed by atoms with Crippen LogP contribution in [0, 0.1) is 0 Å². The molecular formula is C12H19N3O2S. The summed E-state index contributed by atoms with van der Waals surface area (Å²) in [6, 6.07) is 0.132. The number of hydrogen-bond acceptors (Lipinski definition) is 5. The van der Waals surface area contributed by atoms with Gasteiger partial charge < -0.3 is 5.11 Å². The number of aromatic nitrogens is 1. The first-order valence-corrected chi connectivity index (χ1v) is 7.11. The van der Waals surface area contributed by atoms with Gasteiger partial charge in [-0.3, -0.25) is 14.6 Å². The van der Waals surface area contributed by atoms with Crippen LogP contribution in [-0.2, 0) is 4.79 Å². The third-order valence-corrected chi connectivity index (χ3v) is 4.23. The van der Waals surface area contributed by atoms with Crippen LogP contribution in [0.25, 0.3) is 0 Å². The largest absolute Gasteiger partial charge is 0.395 e. The predicted molar refractivity (Wildman–Crippen MR) is 71.8 cm³/mol. The zero-order valence-corrected chi connectivity index (χ0v) is 11.4. The third-order valence-electron chi connectivity index (χ3n) is 3.38. The van der Waals surface area contributed by atoms with Gasteiger partial charge in [0.1, 0.15) is 0 Å². The molecule has 100 valence electrons. The number of aliphatic hydroxyl groups excluding tert-OH is 1. The summed E-state index contributed by atoms with van der Waals surface area (Å²) >= 11 is 1.45. The minimum Gasteiger partial charge on any atom is -0.395 e. The molecule has 1 aromatic heterocycles. The first-order chi connectivity index (χ1) is 8.72. The molecule has 1 aliphatic rings. The number of thiazole rings is 1. The molecule has 1 atom stereocenters. The lowest BCUT2D eigenvalue weighted by Crippen LogP contribution is -2.47. The van der Waals surface area contributed by atoms with E-state index in [2.05, 4.69) is 9.88 Å². The molecule has 1 fully saturated rings. The highest BCUT2D eigenvalue weighted by molar-refractivity contribution is 7.13. The molecular weight excluding hydrogens is 250 g/mol. The second-order valence-electron chi connectivity index (χ2n) is 4.57. The average molecular weight is 269 g/mol. The van der Waals surface area contributed by atoms with E-state index in [0.29, 0.717) is 6.54 Å².